The molecule has 1 heterocycles. The molecule has 0 fully saturated rings. The molecule has 1 nitrogen and oxygen atoms in total. The van der Waals surface area contributed by atoms with Gasteiger partial charge < -0.3 is 5.32 Å². The van der Waals surface area contributed by atoms with Crippen molar-refractivity contribution in [1.29, 1.82) is 0 Å². The van der Waals surface area contributed by atoms with Gasteiger partial charge in [-0.3, -0.25) is 0 Å². The van der Waals surface area contributed by atoms with Crippen LogP contribution in [0.1, 0.15) is 20.3 Å². The first-order valence-electron chi connectivity index (χ1n) is 4.63. The summed E-state index contributed by atoms with van der Waals surface area (Å²) in [5.74, 6) is 0. The summed E-state index contributed by atoms with van der Waals surface area (Å²) in [6.07, 6.45) is 9.42. The maximum Gasteiger partial charge on any atom is 0.0333 e. The fourth-order valence-electron chi connectivity index (χ4n) is 1.21. The van der Waals surface area contributed by atoms with Gasteiger partial charge >= 0.3 is 0 Å². The van der Waals surface area contributed by atoms with E-state index in [-0.39, 0.29) is 0 Å². The first-order valence-corrected chi connectivity index (χ1v) is 4.63. The van der Waals surface area contributed by atoms with E-state index in [1.54, 1.807) is 0 Å². The maximum atomic E-state index is 3.72. The Morgan fingerprint density at radius 2 is 2.46 bits per heavy atom. The molecule has 0 saturated heterocycles. The molecule has 0 aromatic rings. The first kappa shape index (κ1) is 9.85. The van der Waals surface area contributed by atoms with Gasteiger partial charge in [0.25, 0.3) is 0 Å². The monoisotopic (exact) mass is 175 g/mol. The normalized spacial score (nSPS) is 17.2. The van der Waals surface area contributed by atoms with Gasteiger partial charge in [0, 0.05) is 18.7 Å². The van der Waals surface area contributed by atoms with Crippen LogP contribution in [0.25, 0.3) is 0 Å². The van der Waals surface area contributed by atoms with Gasteiger partial charge in [0.05, 0.1) is 0 Å². The molecule has 0 aromatic carbocycles. The minimum atomic E-state index is 0.957. The van der Waals surface area contributed by atoms with Crippen LogP contribution < -0.4 is 5.32 Å². The van der Waals surface area contributed by atoms with E-state index in [9.17, 15) is 0 Å². The van der Waals surface area contributed by atoms with Gasteiger partial charge in [-0.25, -0.2) is 0 Å². The molecule has 0 radical (unpaired) electrons. The van der Waals surface area contributed by atoms with Crippen LogP contribution in [0.15, 0.2) is 47.7 Å². The molecule has 0 bridgehead atoms. The Hall–Kier alpha value is -1.24. The van der Waals surface area contributed by atoms with E-state index in [0.29, 0.717) is 0 Å². The van der Waals surface area contributed by atoms with Crippen LogP contribution in [-0.4, -0.2) is 6.54 Å². The second-order valence-corrected chi connectivity index (χ2v) is 3.36. The van der Waals surface area contributed by atoms with Gasteiger partial charge in [0.2, 0.25) is 0 Å². The SMILES string of the molecule is C=C/C(C)=C\CC1=CC(C)=CCN1. The average Bonchev–Trinajstić information content (AvgIpc) is 2.14. The van der Waals surface area contributed by atoms with E-state index in [2.05, 4.69) is 44.0 Å². The molecule has 0 aliphatic carbocycles. The second kappa shape index (κ2) is 4.70. The van der Waals surface area contributed by atoms with Crippen LogP contribution in [0, 0.1) is 0 Å². The number of dihydropyridines is 1. The van der Waals surface area contributed by atoms with Crippen molar-refractivity contribution in [2.45, 2.75) is 20.3 Å². The highest BCUT2D eigenvalue weighted by molar-refractivity contribution is 5.28. The minimum Gasteiger partial charge on any atom is -0.385 e. The van der Waals surface area contributed by atoms with Gasteiger partial charge in [-0.2, -0.15) is 0 Å². The van der Waals surface area contributed by atoms with Crippen molar-refractivity contribution in [2.75, 3.05) is 6.54 Å². The highest BCUT2D eigenvalue weighted by Gasteiger charge is 1.98. The van der Waals surface area contributed by atoms with Crippen molar-refractivity contribution in [3.05, 3.63) is 47.7 Å². The van der Waals surface area contributed by atoms with Crippen molar-refractivity contribution in [1.82, 2.24) is 5.32 Å². The summed E-state index contributed by atoms with van der Waals surface area (Å²) in [4.78, 5) is 0. The summed E-state index contributed by atoms with van der Waals surface area (Å²) >= 11 is 0. The second-order valence-electron chi connectivity index (χ2n) is 3.36. The minimum absolute atomic E-state index is 0.957. The average molecular weight is 175 g/mol. The molecule has 13 heavy (non-hydrogen) atoms. The molecule has 0 amide bonds. The van der Waals surface area contributed by atoms with Gasteiger partial charge in [-0.1, -0.05) is 36.0 Å². The predicted molar refractivity (Wildman–Crippen MR) is 58.4 cm³/mol. The highest BCUT2D eigenvalue weighted by Crippen LogP contribution is 2.10. The smallest absolute Gasteiger partial charge is 0.0333 e. The van der Waals surface area contributed by atoms with Crippen LogP contribution >= 0.6 is 0 Å². The van der Waals surface area contributed by atoms with Crippen molar-refractivity contribution >= 4 is 0 Å². The number of hydrogen-bond acceptors (Lipinski definition) is 1. The summed E-state index contributed by atoms with van der Waals surface area (Å²) in [6.45, 7) is 8.88. The summed E-state index contributed by atoms with van der Waals surface area (Å²) < 4.78 is 0. The van der Waals surface area contributed by atoms with Crippen LogP contribution in [0.3, 0.4) is 0 Å². The third-order valence-electron chi connectivity index (χ3n) is 2.12. The lowest BCUT2D eigenvalue weighted by Crippen LogP contribution is -2.16. The van der Waals surface area contributed by atoms with E-state index in [1.807, 2.05) is 6.08 Å². The largest absolute Gasteiger partial charge is 0.385 e. The van der Waals surface area contributed by atoms with Crippen LogP contribution in [0.5, 0.6) is 0 Å². The predicted octanol–water partition coefficient (Wildman–Crippen LogP) is 2.94. The number of rotatable bonds is 3. The van der Waals surface area contributed by atoms with Gasteiger partial charge in [-0.15, -0.1) is 0 Å². The molecule has 1 heteroatoms. The summed E-state index contributed by atoms with van der Waals surface area (Å²) in [5, 5.41) is 3.33. The Balaban J connectivity index is 2.55. The third-order valence-corrected chi connectivity index (χ3v) is 2.12. The van der Waals surface area contributed by atoms with E-state index >= 15 is 0 Å². The quantitative estimate of drug-likeness (QED) is 0.650. The Bertz CT molecular complexity index is 279. The zero-order valence-electron chi connectivity index (χ0n) is 8.43. The Morgan fingerprint density at radius 3 is 3.08 bits per heavy atom. The fourth-order valence-corrected chi connectivity index (χ4v) is 1.21. The Kier molecular flexibility index (Phi) is 3.56. The summed E-state index contributed by atoms with van der Waals surface area (Å²) in [6, 6.07) is 0. The summed E-state index contributed by atoms with van der Waals surface area (Å²) in [7, 11) is 0. The maximum absolute atomic E-state index is 3.72. The van der Waals surface area contributed by atoms with Gasteiger partial charge in [0.15, 0.2) is 0 Å². The number of allylic oxidation sites excluding steroid dienone is 5. The standard InChI is InChI=1S/C12H17N/c1-4-10(2)5-6-12-9-11(3)7-8-13-12/h4-5,7,9,13H,1,6,8H2,2-3H3/b10-5-. The first-order chi connectivity index (χ1) is 6.22. The lowest BCUT2D eigenvalue weighted by atomic mass is 10.1. The van der Waals surface area contributed by atoms with E-state index in [1.165, 1.54) is 16.8 Å². The molecule has 0 aromatic heterocycles. The number of nitrogens with one attached hydrogen (secondary N) is 1. The van der Waals surface area contributed by atoms with Gasteiger partial charge in [-0.05, 0) is 19.9 Å². The number of hydrogen-bond donors (Lipinski definition) is 1. The zero-order chi connectivity index (χ0) is 9.68. The molecular weight excluding hydrogens is 158 g/mol. The lowest BCUT2D eigenvalue weighted by molar-refractivity contribution is 0.846. The molecular formula is C12H17N. The summed E-state index contributed by atoms with van der Waals surface area (Å²) in [5.41, 5.74) is 3.87. The topological polar surface area (TPSA) is 12.0 Å². The van der Waals surface area contributed by atoms with Crippen LogP contribution in [-0.2, 0) is 0 Å². The van der Waals surface area contributed by atoms with E-state index in [4.69, 9.17) is 0 Å². The van der Waals surface area contributed by atoms with E-state index < -0.39 is 0 Å². The van der Waals surface area contributed by atoms with Crippen molar-refractivity contribution in [3.63, 3.8) is 0 Å². The molecule has 1 aliphatic rings. The molecule has 0 saturated carbocycles. The van der Waals surface area contributed by atoms with Crippen LogP contribution in [0.4, 0.5) is 0 Å². The molecule has 0 unspecified atom stereocenters. The zero-order valence-corrected chi connectivity index (χ0v) is 8.43. The molecule has 0 atom stereocenters. The van der Waals surface area contributed by atoms with Crippen molar-refractivity contribution in [2.24, 2.45) is 0 Å². The molecule has 0 spiro atoms. The molecule has 1 N–H and O–H groups in total. The molecule has 1 rings (SSSR count). The molecule has 70 valence electrons. The Labute approximate surface area is 80.5 Å². The van der Waals surface area contributed by atoms with Gasteiger partial charge in [0.1, 0.15) is 0 Å². The third kappa shape index (κ3) is 3.32. The van der Waals surface area contributed by atoms with Crippen molar-refractivity contribution in [3.8, 4) is 0 Å². The van der Waals surface area contributed by atoms with Crippen LogP contribution in [0.2, 0.25) is 0 Å². The fraction of sp³-hybridized carbons (Fsp3) is 0.333. The molecule has 1 aliphatic heterocycles. The van der Waals surface area contributed by atoms with Crippen molar-refractivity contribution < 1.29 is 0 Å². The van der Waals surface area contributed by atoms with E-state index in [0.717, 1.165) is 13.0 Å². The highest BCUT2D eigenvalue weighted by atomic mass is 14.9. The Morgan fingerprint density at radius 1 is 1.69 bits per heavy atom. The lowest BCUT2D eigenvalue weighted by Gasteiger charge is -2.12.